The van der Waals surface area contributed by atoms with Crippen molar-refractivity contribution in [2.75, 3.05) is 31.6 Å². The summed E-state index contributed by atoms with van der Waals surface area (Å²) in [6.45, 7) is 4.37. The van der Waals surface area contributed by atoms with Crippen molar-refractivity contribution in [1.29, 1.82) is 0 Å². The van der Waals surface area contributed by atoms with E-state index in [0.717, 1.165) is 0 Å². The second-order valence-corrected chi connectivity index (χ2v) is 7.98. The molecule has 0 spiro atoms. The normalized spacial score (nSPS) is 19.8. The molecule has 2 aromatic rings. The molecule has 3 N–H and O–H groups in total. The highest BCUT2D eigenvalue weighted by molar-refractivity contribution is 6.01. The molecule has 172 valence electrons. The summed E-state index contributed by atoms with van der Waals surface area (Å²) < 4.78 is 7.55. The van der Waals surface area contributed by atoms with Gasteiger partial charge in [0, 0.05) is 18.5 Å². The Morgan fingerprint density at radius 3 is 2.67 bits per heavy atom. The summed E-state index contributed by atoms with van der Waals surface area (Å²) in [4.78, 5) is 22.8. The summed E-state index contributed by atoms with van der Waals surface area (Å²) in [5.74, 6) is 11.2. The highest BCUT2D eigenvalue weighted by Gasteiger charge is 2.35. The van der Waals surface area contributed by atoms with Crippen LogP contribution in [0.15, 0.2) is 12.5 Å². The quantitative estimate of drug-likeness (QED) is 0.530. The Labute approximate surface area is 193 Å². The fraction of sp³-hybridized carbons (Fsp3) is 0.458. The number of aliphatic hydroxyl groups is 2. The van der Waals surface area contributed by atoms with Gasteiger partial charge in [-0.15, -0.1) is 12.8 Å². The van der Waals surface area contributed by atoms with E-state index in [9.17, 15) is 15.0 Å². The smallest absolute Gasteiger partial charge is 0.228 e. The highest BCUT2D eigenvalue weighted by atomic mass is 16.5. The molecule has 0 aromatic carbocycles. The number of carbonyl (C=O) groups excluding carboxylic acids is 1. The maximum Gasteiger partial charge on any atom is 0.228 e. The van der Waals surface area contributed by atoms with Crippen molar-refractivity contribution < 1.29 is 19.7 Å². The summed E-state index contributed by atoms with van der Waals surface area (Å²) >= 11 is 0. The standard InChI is InChI=1S/C24H27N5O4/c1-5-9-28(10-6-2)11-7-8-17-13-29(20-12-18(31)19(14-30)33-20)23-21(17)22(25-15-26-23)27-24(32)16(3)4/h1-2,13,15-16,18-20,30-31H,9-12,14H2,3-4H3,(H,25,26,27,32)/t18-,19+,20+/m0/s1. The van der Waals surface area contributed by atoms with Crippen molar-refractivity contribution in [3.63, 3.8) is 0 Å². The number of rotatable bonds is 7. The summed E-state index contributed by atoms with van der Waals surface area (Å²) in [5.41, 5.74) is 1.07. The van der Waals surface area contributed by atoms with Gasteiger partial charge in [0.05, 0.1) is 43.3 Å². The third-order valence-corrected chi connectivity index (χ3v) is 5.23. The minimum atomic E-state index is -0.810. The Bertz CT molecular complexity index is 1130. The Morgan fingerprint density at radius 2 is 2.06 bits per heavy atom. The van der Waals surface area contributed by atoms with Crippen LogP contribution in [0, 0.1) is 42.4 Å². The first kappa shape index (κ1) is 24.3. The molecular formula is C24H27N5O4. The molecule has 1 amide bonds. The van der Waals surface area contributed by atoms with Gasteiger partial charge >= 0.3 is 0 Å². The van der Waals surface area contributed by atoms with Crippen molar-refractivity contribution >= 4 is 22.8 Å². The Morgan fingerprint density at radius 1 is 1.33 bits per heavy atom. The molecule has 3 heterocycles. The lowest BCUT2D eigenvalue weighted by Crippen LogP contribution is -2.24. The highest BCUT2D eigenvalue weighted by Crippen LogP contribution is 2.34. The lowest BCUT2D eigenvalue weighted by Gasteiger charge is -2.14. The van der Waals surface area contributed by atoms with Crippen molar-refractivity contribution in [2.45, 2.75) is 38.7 Å². The number of hydrogen-bond acceptors (Lipinski definition) is 7. The van der Waals surface area contributed by atoms with Gasteiger partial charge in [-0.2, -0.15) is 0 Å². The molecule has 33 heavy (non-hydrogen) atoms. The van der Waals surface area contributed by atoms with E-state index >= 15 is 0 Å². The van der Waals surface area contributed by atoms with Crippen LogP contribution in [0.4, 0.5) is 5.82 Å². The van der Waals surface area contributed by atoms with E-state index in [2.05, 4.69) is 39.0 Å². The molecule has 1 aliphatic heterocycles. The average Bonchev–Trinajstić information content (AvgIpc) is 3.34. The number of ether oxygens (including phenoxy) is 1. The van der Waals surface area contributed by atoms with Gasteiger partial charge in [0.15, 0.2) is 0 Å². The number of nitrogens with zero attached hydrogens (tertiary/aromatic N) is 4. The van der Waals surface area contributed by atoms with Crippen LogP contribution in [0.1, 0.15) is 32.1 Å². The van der Waals surface area contributed by atoms with E-state index in [1.165, 1.54) is 6.33 Å². The van der Waals surface area contributed by atoms with Gasteiger partial charge in [-0.1, -0.05) is 37.5 Å². The van der Waals surface area contributed by atoms with Crippen molar-refractivity contribution in [3.05, 3.63) is 18.1 Å². The first-order valence-corrected chi connectivity index (χ1v) is 10.6. The molecule has 3 rings (SSSR count). The van der Waals surface area contributed by atoms with Crippen LogP contribution in [0.5, 0.6) is 0 Å². The average molecular weight is 450 g/mol. The molecule has 2 aromatic heterocycles. The predicted molar refractivity (Wildman–Crippen MR) is 124 cm³/mol. The number of aliphatic hydroxyl groups excluding tert-OH is 2. The van der Waals surface area contributed by atoms with Gasteiger partial charge in [-0.3, -0.25) is 9.69 Å². The largest absolute Gasteiger partial charge is 0.394 e. The molecule has 1 saturated heterocycles. The fourth-order valence-corrected chi connectivity index (χ4v) is 3.48. The van der Waals surface area contributed by atoms with Gasteiger partial charge in [0.25, 0.3) is 0 Å². The van der Waals surface area contributed by atoms with E-state index < -0.39 is 18.4 Å². The van der Waals surface area contributed by atoms with E-state index in [-0.39, 0.29) is 24.9 Å². The van der Waals surface area contributed by atoms with E-state index in [0.29, 0.717) is 42.0 Å². The summed E-state index contributed by atoms with van der Waals surface area (Å²) in [6, 6.07) is 0. The van der Waals surface area contributed by atoms with Gasteiger partial charge in [0.1, 0.15) is 30.1 Å². The number of carbonyl (C=O) groups is 1. The van der Waals surface area contributed by atoms with Gasteiger partial charge in [-0.05, 0) is 0 Å². The van der Waals surface area contributed by atoms with Gasteiger partial charge < -0.3 is 24.8 Å². The van der Waals surface area contributed by atoms with Crippen LogP contribution in [0.25, 0.3) is 11.0 Å². The molecule has 0 unspecified atom stereocenters. The number of nitrogens with one attached hydrogen (secondary N) is 1. The number of hydrogen-bond donors (Lipinski definition) is 3. The number of aromatic nitrogens is 3. The third kappa shape index (κ3) is 5.51. The first-order chi connectivity index (χ1) is 15.9. The van der Waals surface area contributed by atoms with Crippen LogP contribution in [-0.2, 0) is 9.53 Å². The SMILES string of the molecule is C#CCN(CC#C)CC#Cc1cn([C@H]2C[C@H](O)[C@@H](CO)O2)c2ncnc(NC(=O)C(C)C)c12. The molecule has 0 saturated carbocycles. The molecule has 3 atom stereocenters. The van der Waals surface area contributed by atoms with Crippen molar-refractivity contribution in [1.82, 2.24) is 19.4 Å². The molecule has 9 heteroatoms. The monoisotopic (exact) mass is 449 g/mol. The Balaban J connectivity index is 2.04. The maximum atomic E-state index is 12.4. The minimum absolute atomic E-state index is 0.191. The molecule has 9 nitrogen and oxygen atoms in total. The summed E-state index contributed by atoms with van der Waals surface area (Å²) in [6.07, 6.45) is 12.1. The number of terminal acetylenes is 2. The molecule has 1 aliphatic rings. The molecule has 0 radical (unpaired) electrons. The maximum absolute atomic E-state index is 12.4. The van der Waals surface area contributed by atoms with Crippen LogP contribution < -0.4 is 5.32 Å². The zero-order chi connectivity index (χ0) is 24.0. The summed E-state index contributed by atoms with van der Waals surface area (Å²) in [5, 5.41) is 23.0. The zero-order valence-electron chi connectivity index (χ0n) is 18.7. The number of amides is 1. The Hall–Kier alpha value is -3.39. The van der Waals surface area contributed by atoms with Gasteiger partial charge in [0.2, 0.25) is 5.91 Å². The van der Waals surface area contributed by atoms with Crippen LogP contribution in [-0.4, -0.2) is 74.0 Å². The van der Waals surface area contributed by atoms with Crippen LogP contribution >= 0.6 is 0 Å². The predicted octanol–water partition coefficient (Wildman–Crippen LogP) is 0.586. The molecule has 0 aliphatic carbocycles. The summed E-state index contributed by atoms with van der Waals surface area (Å²) in [7, 11) is 0. The third-order valence-electron chi connectivity index (χ3n) is 5.23. The van der Waals surface area contributed by atoms with Crippen molar-refractivity contribution in [3.8, 4) is 36.5 Å². The van der Waals surface area contributed by atoms with E-state index in [1.54, 1.807) is 24.6 Å². The first-order valence-electron chi connectivity index (χ1n) is 10.6. The van der Waals surface area contributed by atoms with E-state index in [1.807, 2.05) is 4.90 Å². The second-order valence-electron chi connectivity index (χ2n) is 7.98. The fourth-order valence-electron chi connectivity index (χ4n) is 3.48. The second kappa shape index (κ2) is 11.0. The zero-order valence-corrected chi connectivity index (χ0v) is 18.7. The molecule has 0 bridgehead atoms. The topological polar surface area (TPSA) is 113 Å². The minimum Gasteiger partial charge on any atom is -0.394 e. The molecular weight excluding hydrogens is 422 g/mol. The number of fused-ring (bicyclic) bond motifs is 1. The number of anilines is 1. The lowest BCUT2D eigenvalue weighted by atomic mass is 10.2. The van der Waals surface area contributed by atoms with E-state index in [4.69, 9.17) is 17.6 Å². The van der Waals surface area contributed by atoms with Gasteiger partial charge in [-0.25, -0.2) is 9.97 Å². The van der Waals surface area contributed by atoms with Crippen LogP contribution in [0.2, 0.25) is 0 Å². The van der Waals surface area contributed by atoms with Crippen molar-refractivity contribution in [2.24, 2.45) is 5.92 Å². The molecule has 1 fully saturated rings. The Kier molecular flexibility index (Phi) is 8.06. The van der Waals surface area contributed by atoms with Crippen LogP contribution in [0.3, 0.4) is 0 Å². The lowest BCUT2D eigenvalue weighted by molar-refractivity contribution is -0.118.